The van der Waals surface area contributed by atoms with Crippen molar-refractivity contribution in [3.05, 3.63) is 188 Å². The van der Waals surface area contributed by atoms with Gasteiger partial charge in [0.05, 0.1) is 22.6 Å². The van der Waals surface area contributed by atoms with Gasteiger partial charge in [0, 0.05) is 27.6 Å². The van der Waals surface area contributed by atoms with Crippen LogP contribution >= 0.6 is 0 Å². The normalized spacial score (nSPS) is 11.5. The molecule has 0 aliphatic heterocycles. The fourth-order valence-electron chi connectivity index (χ4n) is 7.57. The lowest BCUT2D eigenvalue weighted by Crippen LogP contribution is -1.97. The van der Waals surface area contributed by atoms with Crippen LogP contribution in [0.5, 0.6) is 0 Å². The largest absolute Gasteiger partial charge is 0.248 e. The molecule has 2 aromatic heterocycles. The minimum atomic E-state index is 0.682. The first-order chi connectivity index (χ1) is 25.8. The molecule has 242 valence electrons. The van der Waals surface area contributed by atoms with Crippen molar-refractivity contribution in [1.82, 2.24) is 15.0 Å². The van der Waals surface area contributed by atoms with Crippen LogP contribution in [0.3, 0.4) is 0 Å². The average molecular weight is 662 g/mol. The van der Waals surface area contributed by atoms with Crippen LogP contribution in [-0.2, 0) is 0 Å². The van der Waals surface area contributed by atoms with Crippen molar-refractivity contribution >= 4 is 43.2 Å². The molecule has 0 unspecified atom stereocenters. The molecule has 3 nitrogen and oxygen atoms in total. The molecule has 0 saturated carbocycles. The summed E-state index contributed by atoms with van der Waals surface area (Å²) in [6.45, 7) is 0. The van der Waals surface area contributed by atoms with Crippen molar-refractivity contribution in [3.63, 3.8) is 0 Å². The van der Waals surface area contributed by atoms with Gasteiger partial charge < -0.3 is 0 Å². The Morgan fingerprint density at radius 2 is 0.808 bits per heavy atom. The molecule has 0 saturated heterocycles. The van der Waals surface area contributed by atoms with Gasteiger partial charge in [-0.1, -0.05) is 164 Å². The third kappa shape index (κ3) is 5.19. The molecule has 10 aromatic rings. The fraction of sp³-hybridized carbons (Fsp3) is 0. The minimum Gasteiger partial charge on any atom is -0.248 e. The highest BCUT2D eigenvalue weighted by atomic mass is 14.9. The van der Waals surface area contributed by atoms with Gasteiger partial charge in [0.1, 0.15) is 0 Å². The molecule has 2 heterocycles. The number of aromatic nitrogens is 3. The summed E-state index contributed by atoms with van der Waals surface area (Å²) in [6, 6.07) is 66.2. The second-order valence-electron chi connectivity index (χ2n) is 13.2. The molecule has 3 heteroatoms. The second kappa shape index (κ2) is 12.4. The van der Waals surface area contributed by atoms with Crippen molar-refractivity contribution in [3.8, 4) is 56.3 Å². The summed E-state index contributed by atoms with van der Waals surface area (Å²) in [5, 5.41) is 8.19. The van der Waals surface area contributed by atoms with Gasteiger partial charge in [-0.3, -0.25) is 0 Å². The van der Waals surface area contributed by atoms with E-state index in [0.717, 1.165) is 72.1 Å². The molecule has 0 spiro atoms. The zero-order valence-corrected chi connectivity index (χ0v) is 28.2. The first kappa shape index (κ1) is 29.9. The van der Waals surface area contributed by atoms with Crippen LogP contribution in [-0.4, -0.2) is 15.0 Å². The third-order valence-electron chi connectivity index (χ3n) is 10.1. The molecule has 0 atom stereocenters. The van der Waals surface area contributed by atoms with Gasteiger partial charge in [-0.2, -0.15) is 0 Å². The SMILES string of the molecule is c1ccc(-c2cc(-c3cccc(-c4nc(-c5cccc6ccccc56)cc(-c5cccc6ccccc56)n4)c3)c3c(ccc4ccccc43)n2)cc1. The summed E-state index contributed by atoms with van der Waals surface area (Å²) in [4.78, 5) is 15.8. The quantitative estimate of drug-likeness (QED) is 0.172. The van der Waals surface area contributed by atoms with E-state index in [1.165, 1.54) is 21.5 Å². The Labute approximate surface area is 301 Å². The van der Waals surface area contributed by atoms with E-state index in [4.69, 9.17) is 15.0 Å². The zero-order valence-electron chi connectivity index (χ0n) is 28.2. The highest BCUT2D eigenvalue weighted by molar-refractivity contribution is 6.14. The number of fused-ring (bicyclic) bond motifs is 5. The van der Waals surface area contributed by atoms with Crippen molar-refractivity contribution in [2.75, 3.05) is 0 Å². The van der Waals surface area contributed by atoms with E-state index >= 15 is 0 Å². The van der Waals surface area contributed by atoms with Crippen LogP contribution in [0.1, 0.15) is 0 Å². The van der Waals surface area contributed by atoms with Gasteiger partial charge in [0.15, 0.2) is 5.82 Å². The first-order valence-electron chi connectivity index (χ1n) is 17.6. The number of hydrogen-bond donors (Lipinski definition) is 0. The van der Waals surface area contributed by atoms with Crippen molar-refractivity contribution in [1.29, 1.82) is 0 Å². The molecule has 0 amide bonds. The molecule has 0 N–H and O–H groups in total. The second-order valence-corrected chi connectivity index (χ2v) is 13.2. The number of pyridine rings is 1. The molecule has 0 fully saturated rings. The molecule has 0 radical (unpaired) electrons. The van der Waals surface area contributed by atoms with Crippen molar-refractivity contribution < 1.29 is 0 Å². The number of benzene rings is 8. The predicted octanol–water partition coefficient (Wildman–Crippen LogP) is 12.8. The van der Waals surface area contributed by atoms with E-state index < -0.39 is 0 Å². The monoisotopic (exact) mass is 661 g/mol. The minimum absolute atomic E-state index is 0.682. The Hall–Kier alpha value is -6.97. The van der Waals surface area contributed by atoms with E-state index in [1.54, 1.807) is 0 Å². The van der Waals surface area contributed by atoms with Gasteiger partial charge in [0.25, 0.3) is 0 Å². The van der Waals surface area contributed by atoms with E-state index in [9.17, 15) is 0 Å². The Bertz CT molecular complexity index is 2860. The van der Waals surface area contributed by atoms with Crippen molar-refractivity contribution in [2.24, 2.45) is 0 Å². The molecular weight excluding hydrogens is 631 g/mol. The van der Waals surface area contributed by atoms with Crippen LogP contribution in [0.15, 0.2) is 188 Å². The number of nitrogens with zero attached hydrogens (tertiary/aromatic N) is 3. The van der Waals surface area contributed by atoms with Crippen molar-refractivity contribution in [2.45, 2.75) is 0 Å². The summed E-state index contributed by atoms with van der Waals surface area (Å²) < 4.78 is 0. The molecule has 0 aliphatic rings. The summed E-state index contributed by atoms with van der Waals surface area (Å²) in [6.07, 6.45) is 0. The van der Waals surface area contributed by atoms with E-state index in [2.05, 4.69) is 182 Å². The Morgan fingerprint density at radius 3 is 1.48 bits per heavy atom. The summed E-state index contributed by atoms with van der Waals surface area (Å²) in [5.74, 6) is 0.682. The maximum absolute atomic E-state index is 5.32. The first-order valence-corrected chi connectivity index (χ1v) is 17.6. The van der Waals surface area contributed by atoms with Crippen LogP contribution in [0.4, 0.5) is 0 Å². The summed E-state index contributed by atoms with van der Waals surface area (Å²) in [5.41, 5.74) is 10.1. The van der Waals surface area contributed by atoms with Gasteiger partial charge in [0.2, 0.25) is 0 Å². The van der Waals surface area contributed by atoms with Gasteiger partial charge in [-0.15, -0.1) is 0 Å². The predicted molar refractivity (Wildman–Crippen MR) is 217 cm³/mol. The highest BCUT2D eigenvalue weighted by Crippen LogP contribution is 2.39. The van der Waals surface area contributed by atoms with Crippen LogP contribution in [0.2, 0.25) is 0 Å². The Kier molecular flexibility index (Phi) is 7.14. The standard InChI is InChI=1S/C49H31N3/c1-2-16-35(17-3-1)45-30-43(48-40-24-9-6-15-34(40)27-28-44(48)50-45)36-20-10-21-37(29-36)49-51-46(41-25-11-18-32-13-4-7-22-38(32)41)31-47(52-49)42-26-12-19-33-14-5-8-23-39(33)42/h1-31H. The molecule has 0 bridgehead atoms. The molecule has 10 rings (SSSR count). The smallest absolute Gasteiger partial charge is 0.160 e. The van der Waals surface area contributed by atoms with Crippen LogP contribution in [0.25, 0.3) is 99.5 Å². The molecular formula is C49H31N3. The molecule has 8 aromatic carbocycles. The number of rotatable bonds is 5. The van der Waals surface area contributed by atoms with Crippen LogP contribution in [0, 0.1) is 0 Å². The maximum atomic E-state index is 5.32. The van der Waals surface area contributed by atoms with E-state index in [0.29, 0.717) is 5.82 Å². The van der Waals surface area contributed by atoms with E-state index in [-0.39, 0.29) is 0 Å². The average Bonchev–Trinajstić information content (AvgIpc) is 3.23. The molecule has 52 heavy (non-hydrogen) atoms. The topological polar surface area (TPSA) is 38.7 Å². The molecule has 0 aliphatic carbocycles. The lowest BCUT2D eigenvalue weighted by atomic mass is 9.93. The number of hydrogen-bond acceptors (Lipinski definition) is 3. The van der Waals surface area contributed by atoms with E-state index in [1.807, 2.05) is 6.07 Å². The lowest BCUT2D eigenvalue weighted by Gasteiger charge is -2.15. The van der Waals surface area contributed by atoms with Gasteiger partial charge in [-0.25, -0.2) is 15.0 Å². The Balaban J connectivity index is 1.22. The third-order valence-corrected chi connectivity index (χ3v) is 10.1. The zero-order chi connectivity index (χ0) is 34.4. The summed E-state index contributed by atoms with van der Waals surface area (Å²) in [7, 11) is 0. The Morgan fingerprint density at radius 1 is 0.288 bits per heavy atom. The van der Waals surface area contributed by atoms with Gasteiger partial charge >= 0.3 is 0 Å². The maximum Gasteiger partial charge on any atom is 0.160 e. The van der Waals surface area contributed by atoms with Gasteiger partial charge in [-0.05, 0) is 67.7 Å². The van der Waals surface area contributed by atoms with Crippen LogP contribution < -0.4 is 0 Å². The highest BCUT2D eigenvalue weighted by Gasteiger charge is 2.17. The summed E-state index contributed by atoms with van der Waals surface area (Å²) >= 11 is 0. The fourth-order valence-corrected chi connectivity index (χ4v) is 7.57. The lowest BCUT2D eigenvalue weighted by molar-refractivity contribution is 1.19.